The van der Waals surface area contributed by atoms with Crippen LogP contribution in [0.1, 0.15) is 19.8 Å². The van der Waals surface area contributed by atoms with Crippen LogP contribution in [0, 0.1) is 0 Å². The van der Waals surface area contributed by atoms with Gasteiger partial charge in [-0.25, -0.2) is 0 Å². The number of para-hydroxylation sites is 1. The number of hydrogen-bond acceptors (Lipinski definition) is 6. The van der Waals surface area contributed by atoms with Crippen molar-refractivity contribution in [3.05, 3.63) is 77.8 Å². The zero-order chi connectivity index (χ0) is 25.9. The number of ether oxygens (including phenoxy) is 2. The molecule has 0 aromatic heterocycles. The van der Waals surface area contributed by atoms with E-state index in [0.717, 1.165) is 0 Å². The lowest BCUT2D eigenvalue weighted by atomic mass is 10.2. The molecule has 3 aromatic carbocycles. The molecule has 0 unspecified atom stereocenters. The van der Waals surface area contributed by atoms with Gasteiger partial charge in [0.05, 0.1) is 11.4 Å². The topological polar surface area (TPSA) is 123 Å². The number of benzene rings is 3. The molecule has 10 heteroatoms. The van der Waals surface area contributed by atoms with E-state index in [1.165, 1.54) is 6.92 Å². The normalized spacial score (nSPS) is 10.2. The maximum absolute atomic E-state index is 12.1. The summed E-state index contributed by atoms with van der Waals surface area (Å²) in [6, 6.07) is 20.2. The van der Waals surface area contributed by atoms with E-state index in [0.29, 0.717) is 33.6 Å². The second-order valence-corrected chi connectivity index (χ2v) is 7.98. The molecule has 0 aliphatic rings. The third-order valence-electron chi connectivity index (χ3n) is 4.61. The first-order valence-corrected chi connectivity index (χ1v) is 11.3. The number of anilines is 3. The van der Waals surface area contributed by atoms with Crippen LogP contribution in [0.15, 0.2) is 72.8 Å². The quantitative estimate of drug-likeness (QED) is 0.331. The molecule has 0 bridgehead atoms. The van der Waals surface area contributed by atoms with Crippen LogP contribution in [0.2, 0.25) is 5.02 Å². The number of nitrogens with one attached hydrogen (secondary N) is 3. The Balaban J connectivity index is 1.35. The van der Waals surface area contributed by atoms with E-state index in [1.54, 1.807) is 66.7 Å². The summed E-state index contributed by atoms with van der Waals surface area (Å²) in [7, 11) is 0. The lowest BCUT2D eigenvalue weighted by Gasteiger charge is -2.09. The van der Waals surface area contributed by atoms with Crippen molar-refractivity contribution in [2.24, 2.45) is 0 Å². The van der Waals surface area contributed by atoms with Crippen molar-refractivity contribution in [1.29, 1.82) is 0 Å². The van der Waals surface area contributed by atoms with Crippen LogP contribution in [0.3, 0.4) is 0 Å². The number of amides is 3. The summed E-state index contributed by atoms with van der Waals surface area (Å²) in [4.78, 5) is 47.0. The van der Waals surface area contributed by atoms with Crippen LogP contribution < -0.4 is 20.7 Å². The zero-order valence-electron chi connectivity index (χ0n) is 19.4. The smallest absolute Gasteiger partial charge is 0.306 e. The molecule has 9 nitrogen and oxygen atoms in total. The molecule has 0 radical (unpaired) electrons. The molecule has 0 aliphatic carbocycles. The van der Waals surface area contributed by atoms with Crippen molar-refractivity contribution in [1.82, 2.24) is 0 Å². The first kappa shape index (κ1) is 26.2. The van der Waals surface area contributed by atoms with Crippen LogP contribution in [-0.2, 0) is 23.9 Å². The zero-order valence-corrected chi connectivity index (χ0v) is 20.1. The highest BCUT2D eigenvalue weighted by Crippen LogP contribution is 2.29. The van der Waals surface area contributed by atoms with Gasteiger partial charge in [0.25, 0.3) is 5.91 Å². The first-order chi connectivity index (χ1) is 17.3. The molecule has 3 rings (SSSR count). The fraction of sp³-hybridized carbons (Fsp3) is 0.154. The van der Waals surface area contributed by atoms with Gasteiger partial charge in [0.2, 0.25) is 11.8 Å². The number of carbonyl (C=O) groups excluding carboxylic acids is 4. The number of carbonyl (C=O) groups is 4. The predicted octanol–water partition coefficient (Wildman–Crippen LogP) is 4.99. The van der Waals surface area contributed by atoms with Gasteiger partial charge in [-0.1, -0.05) is 23.7 Å². The van der Waals surface area contributed by atoms with Crippen LogP contribution in [0.5, 0.6) is 11.5 Å². The number of esters is 1. The Morgan fingerprint density at radius 1 is 0.722 bits per heavy atom. The molecule has 0 atom stereocenters. The van der Waals surface area contributed by atoms with E-state index < -0.39 is 18.5 Å². The van der Waals surface area contributed by atoms with Crippen molar-refractivity contribution in [3.8, 4) is 11.5 Å². The number of halogens is 1. The van der Waals surface area contributed by atoms with Gasteiger partial charge in [-0.3, -0.25) is 19.2 Å². The molecule has 0 heterocycles. The maximum Gasteiger partial charge on any atom is 0.306 e. The summed E-state index contributed by atoms with van der Waals surface area (Å²) in [6.45, 7) is 0.908. The third kappa shape index (κ3) is 8.77. The Hall–Kier alpha value is -4.37. The summed E-state index contributed by atoms with van der Waals surface area (Å²) in [5.41, 5.74) is 1.60. The summed E-state index contributed by atoms with van der Waals surface area (Å²) in [6.07, 6.45) is -0.291. The van der Waals surface area contributed by atoms with E-state index in [9.17, 15) is 19.2 Å². The Bertz CT molecular complexity index is 1230. The fourth-order valence-corrected chi connectivity index (χ4v) is 3.13. The lowest BCUT2D eigenvalue weighted by Crippen LogP contribution is -2.21. The largest absolute Gasteiger partial charge is 0.456 e. The van der Waals surface area contributed by atoms with E-state index in [4.69, 9.17) is 21.1 Å². The van der Waals surface area contributed by atoms with E-state index in [1.807, 2.05) is 6.07 Å². The SMILES string of the molecule is CC(=O)Nc1ccc(NC(=O)COC(=O)CCC(=O)Nc2ccc(Oc3ccccc3Cl)cc2)cc1. The van der Waals surface area contributed by atoms with Crippen LogP contribution in [-0.4, -0.2) is 30.3 Å². The van der Waals surface area contributed by atoms with E-state index in [-0.39, 0.29) is 24.7 Å². The highest BCUT2D eigenvalue weighted by atomic mass is 35.5. The summed E-state index contributed by atoms with van der Waals surface area (Å²) < 4.78 is 10.6. The molecular formula is C26H24ClN3O6. The second-order valence-electron chi connectivity index (χ2n) is 7.57. The Morgan fingerprint density at radius 3 is 1.89 bits per heavy atom. The molecule has 0 aliphatic heterocycles. The standard InChI is InChI=1S/C26H24ClN3O6/c1-17(31)28-18-6-8-19(9-7-18)30-25(33)16-35-26(34)15-14-24(32)29-20-10-12-21(13-11-20)36-23-5-3-2-4-22(23)27/h2-13H,14-16H2,1H3,(H,28,31)(H,29,32)(H,30,33). The van der Waals surface area contributed by atoms with Gasteiger partial charge in [0.1, 0.15) is 11.5 Å². The highest BCUT2D eigenvalue weighted by molar-refractivity contribution is 6.32. The van der Waals surface area contributed by atoms with Crippen molar-refractivity contribution < 1.29 is 28.7 Å². The van der Waals surface area contributed by atoms with Gasteiger partial charge in [0, 0.05) is 30.4 Å². The monoisotopic (exact) mass is 509 g/mol. The number of rotatable bonds is 10. The van der Waals surface area contributed by atoms with Crippen molar-refractivity contribution in [2.75, 3.05) is 22.6 Å². The van der Waals surface area contributed by atoms with Gasteiger partial charge < -0.3 is 25.4 Å². The van der Waals surface area contributed by atoms with Crippen LogP contribution in [0.25, 0.3) is 0 Å². The molecule has 3 N–H and O–H groups in total. The van der Waals surface area contributed by atoms with Crippen LogP contribution in [0.4, 0.5) is 17.1 Å². The highest BCUT2D eigenvalue weighted by Gasteiger charge is 2.11. The fourth-order valence-electron chi connectivity index (χ4n) is 2.96. The Kier molecular flexibility index (Phi) is 9.41. The maximum atomic E-state index is 12.1. The van der Waals surface area contributed by atoms with Crippen molar-refractivity contribution in [3.63, 3.8) is 0 Å². The second kappa shape index (κ2) is 12.9. The molecule has 186 valence electrons. The lowest BCUT2D eigenvalue weighted by molar-refractivity contribution is -0.147. The molecule has 3 aromatic rings. The average Bonchev–Trinajstić information content (AvgIpc) is 2.85. The van der Waals surface area contributed by atoms with Gasteiger partial charge >= 0.3 is 5.97 Å². The first-order valence-electron chi connectivity index (χ1n) is 10.9. The summed E-state index contributed by atoms with van der Waals surface area (Å²) >= 11 is 6.08. The van der Waals surface area contributed by atoms with Crippen molar-refractivity contribution >= 4 is 52.4 Å². The van der Waals surface area contributed by atoms with Gasteiger partial charge in [-0.2, -0.15) is 0 Å². The van der Waals surface area contributed by atoms with E-state index in [2.05, 4.69) is 16.0 Å². The minimum Gasteiger partial charge on any atom is -0.456 e. The summed E-state index contributed by atoms with van der Waals surface area (Å²) in [5, 5.41) is 8.35. The van der Waals surface area contributed by atoms with Crippen LogP contribution >= 0.6 is 11.6 Å². The molecule has 3 amide bonds. The average molecular weight is 510 g/mol. The van der Waals surface area contributed by atoms with Crippen molar-refractivity contribution in [2.45, 2.75) is 19.8 Å². The van der Waals surface area contributed by atoms with Gasteiger partial charge in [0.15, 0.2) is 6.61 Å². The van der Waals surface area contributed by atoms with E-state index >= 15 is 0 Å². The third-order valence-corrected chi connectivity index (χ3v) is 4.92. The minimum atomic E-state index is -0.676. The van der Waals surface area contributed by atoms with Gasteiger partial charge in [-0.05, 0) is 60.7 Å². The molecular weight excluding hydrogens is 486 g/mol. The molecule has 0 spiro atoms. The Labute approximate surface area is 212 Å². The molecule has 36 heavy (non-hydrogen) atoms. The molecule has 0 saturated carbocycles. The summed E-state index contributed by atoms with van der Waals surface area (Å²) in [5.74, 6) is -0.724. The number of hydrogen-bond donors (Lipinski definition) is 3. The molecule has 0 saturated heterocycles. The van der Waals surface area contributed by atoms with Gasteiger partial charge in [-0.15, -0.1) is 0 Å². The minimum absolute atomic E-state index is 0.108. The Morgan fingerprint density at radius 2 is 1.28 bits per heavy atom. The molecule has 0 fully saturated rings. The predicted molar refractivity (Wildman–Crippen MR) is 136 cm³/mol.